The Hall–Kier alpha value is -3.13. The number of nitrogens with zero attached hydrogens (tertiary/aromatic N) is 2. The largest absolute Gasteiger partial charge is 0.493 e. The molecule has 1 fully saturated rings. The molecule has 0 radical (unpaired) electrons. The number of rotatable bonds is 11. The zero-order valence-electron chi connectivity index (χ0n) is 20.9. The molecule has 8 heteroatoms. The van der Waals surface area contributed by atoms with E-state index in [1.165, 1.54) is 12.1 Å². The van der Waals surface area contributed by atoms with E-state index in [-0.39, 0.29) is 30.0 Å². The number of likely N-dealkylation sites (tertiary alicyclic amines) is 1. The van der Waals surface area contributed by atoms with Crippen LogP contribution in [0.1, 0.15) is 32.3 Å². The van der Waals surface area contributed by atoms with Crippen molar-refractivity contribution in [2.24, 2.45) is 5.92 Å². The molecule has 35 heavy (non-hydrogen) atoms. The summed E-state index contributed by atoms with van der Waals surface area (Å²) in [5, 5.41) is 2.98. The molecule has 1 saturated heterocycles. The second kappa shape index (κ2) is 13.1. The average Bonchev–Trinajstić information content (AvgIpc) is 2.88. The minimum absolute atomic E-state index is 0.0533. The number of carbonyl (C=O) groups is 2. The molecule has 0 saturated carbocycles. The van der Waals surface area contributed by atoms with Gasteiger partial charge in [-0.05, 0) is 55.8 Å². The molecule has 1 aliphatic heterocycles. The van der Waals surface area contributed by atoms with Gasteiger partial charge in [-0.2, -0.15) is 0 Å². The Kier molecular flexibility index (Phi) is 9.90. The smallest absolute Gasteiger partial charge is 0.229 e. The number of carbonyl (C=O) groups excluding carboxylic acids is 2. The number of nitrogens with one attached hydrogen (secondary N) is 1. The minimum Gasteiger partial charge on any atom is -0.493 e. The van der Waals surface area contributed by atoms with Crippen molar-refractivity contribution in [1.29, 1.82) is 0 Å². The molecular formula is C27H36FN3O4. The molecule has 1 N–H and O–H groups in total. The molecule has 190 valence electrons. The third-order valence-corrected chi connectivity index (χ3v) is 6.40. The molecule has 1 heterocycles. The Morgan fingerprint density at radius 3 is 2.54 bits per heavy atom. The zero-order valence-corrected chi connectivity index (χ0v) is 20.9. The fourth-order valence-corrected chi connectivity index (χ4v) is 4.24. The van der Waals surface area contributed by atoms with Crippen LogP contribution in [0.25, 0.3) is 0 Å². The van der Waals surface area contributed by atoms with Crippen LogP contribution >= 0.6 is 0 Å². The third kappa shape index (κ3) is 7.68. The highest BCUT2D eigenvalue weighted by molar-refractivity contribution is 5.93. The van der Waals surface area contributed by atoms with Crippen LogP contribution in [0.5, 0.6) is 11.5 Å². The third-order valence-electron chi connectivity index (χ3n) is 6.40. The molecule has 0 aromatic heterocycles. The van der Waals surface area contributed by atoms with E-state index in [0.29, 0.717) is 36.9 Å². The Morgan fingerprint density at radius 2 is 1.86 bits per heavy atom. The fraction of sp³-hybridized carbons (Fsp3) is 0.481. The quantitative estimate of drug-likeness (QED) is 0.522. The molecule has 0 spiro atoms. The van der Waals surface area contributed by atoms with Crippen LogP contribution in [0.15, 0.2) is 42.5 Å². The van der Waals surface area contributed by atoms with E-state index in [4.69, 9.17) is 9.47 Å². The summed E-state index contributed by atoms with van der Waals surface area (Å²) in [6.07, 6.45) is 1.67. The Bertz CT molecular complexity index is 979. The number of methoxy groups -OCH3 is 1. The minimum atomic E-state index is -0.327. The van der Waals surface area contributed by atoms with Crippen LogP contribution in [0.2, 0.25) is 0 Å². The summed E-state index contributed by atoms with van der Waals surface area (Å²) in [6.45, 7) is 8.45. The molecule has 1 aliphatic rings. The van der Waals surface area contributed by atoms with Crippen LogP contribution in [0.3, 0.4) is 0 Å². The van der Waals surface area contributed by atoms with Gasteiger partial charge in [-0.3, -0.25) is 9.59 Å². The maximum Gasteiger partial charge on any atom is 0.229 e. The lowest BCUT2D eigenvalue weighted by atomic mass is 9.96. The van der Waals surface area contributed by atoms with Crippen molar-refractivity contribution in [2.75, 3.05) is 51.8 Å². The number of amides is 2. The number of halogens is 1. The van der Waals surface area contributed by atoms with Gasteiger partial charge < -0.3 is 24.6 Å². The molecule has 0 aliphatic carbocycles. The number of anilines is 1. The van der Waals surface area contributed by atoms with Gasteiger partial charge >= 0.3 is 0 Å². The van der Waals surface area contributed by atoms with E-state index < -0.39 is 0 Å². The molecule has 1 unspecified atom stereocenters. The second-order valence-electron chi connectivity index (χ2n) is 8.71. The maximum atomic E-state index is 13.1. The van der Waals surface area contributed by atoms with Crippen LogP contribution in [-0.2, 0) is 16.0 Å². The lowest BCUT2D eigenvalue weighted by Gasteiger charge is -2.32. The van der Waals surface area contributed by atoms with Crippen molar-refractivity contribution >= 4 is 17.5 Å². The van der Waals surface area contributed by atoms with Gasteiger partial charge in [-0.1, -0.05) is 26.0 Å². The highest BCUT2D eigenvalue weighted by atomic mass is 19.1. The van der Waals surface area contributed by atoms with Crippen molar-refractivity contribution < 1.29 is 23.5 Å². The first-order valence-electron chi connectivity index (χ1n) is 12.3. The standard InChI is InChI=1S/C27H36FN3O4/c1-4-30(5-2)15-16-35-25-18-23(12-13-24(25)34-3)29-27(33)21-7-6-14-31(19-21)26(32)17-20-8-10-22(28)11-9-20/h8-13,18,21H,4-7,14-17,19H2,1-3H3,(H,29,33). The van der Waals surface area contributed by atoms with Gasteiger partial charge in [0.2, 0.25) is 11.8 Å². The Balaban J connectivity index is 1.57. The fourth-order valence-electron chi connectivity index (χ4n) is 4.24. The van der Waals surface area contributed by atoms with Gasteiger partial charge in [-0.25, -0.2) is 4.39 Å². The lowest BCUT2D eigenvalue weighted by molar-refractivity contribution is -0.133. The summed E-state index contributed by atoms with van der Waals surface area (Å²) in [5.74, 6) is 0.392. The van der Waals surface area contributed by atoms with Crippen LogP contribution in [0, 0.1) is 11.7 Å². The normalized spacial score (nSPS) is 15.7. The first kappa shape index (κ1) is 26.5. The molecular weight excluding hydrogens is 449 g/mol. The summed E-state index contributed by atoms with van der Waals surface area (Å²) >= 11 is 0. The van der Waals surface area contributed by atoms with Crippen LogP contribution in [0.4, 0.5) is 10.1 Å². The second-order valence-corrected chi connectivity index (χ2v) is 8.71. The molecule has 0 bridgehead atoms. The molecule has 7 nitrogen and oxygen atoms in total. The number of hydrogen-bond donors (Lipinski definition) is 1. The number of benzene rings is 2. The maximum absolute atomic E-state index is 13.1. The molecule has 3 rings (SSSR count). The molecule has 1 atom stereocenters. The average molecular weight is 486 g/mol. The number of likely N-dealkylation sites (N-methyl/N-ethyl adjacent to an activating group) is 1. The van der Waals surface area contributed by atoms with Crippen molar-refractivity contribution in [2.45, 2.75) is 33.1 Å². The Labute approximate surface area is 207 Å². The van der Waals surface area contributed by atoms with Crippen LogP contribution < -0.4 is 14.8 Å². The van der Waals surface area contributed by atoms with Gasteiger partial charge in [-0.15, -0.1) is 0 Å². The summed E-state index contributed by atoms with van der Waals surface area (Å²) in [5.41, 5.74) is 1.39. The SMILES string of the molecule is CCN(CC)CCOc1cc(NC(=O)C2CCCN(C(=O)Cc3ccc(F)cc3)C2)ccc1OC. The van der Waals surface area contributed by atoms with E-state index in [1.54, 1.807) is 42.3 Å². The van der Waals surface area contributed by atoms with Gasteiger partial charge in [0.15, 0.2) is 11.5 Å². The highest BCUT2D eigenvalue weighted by Gasteiger charge is 2.28. The monoisotopic (exact) mass is 485 g/mol. The highest BCUT2D eigenvalue weighted by Crippen LogP contribution is 2.31. The summed E-state index contributed by atoms with van der Waals surface area (Å²) in [4.78, 5) is 29.8. The predicted molar refractivity (Wildman–Crippen MR) is 134 cm³/mol. The van der Waals surface area contributed by atoms with Crippen molar-refractivity contribution in [3.63, 3.8) is 0 Å². The van der Waals surface area contributed by atoms with Gasteiger partial charge in [0.05, 0.1) is 19.4 Å². The topological polar surface area (TPSA) is 71.1 Å². The summed E-state index contributed by atoms with van der Waals surface area (Å²) in [6, 6.07) is 11.3. The molecule has 2 aromatic rings. The zero-order chi connectivity index (χ0) is 25.2. The number of ether oxygens (including phenoxy) is 2. The first-order chi connectivity index (χ1) is 16.9. The summed E-state index contributed by atoms with van der Waals surface area (Å²) in [7, 11) is 1.59. The van der Waals surface area contributed by atoms with Crippen molar-refractivity contribution in [3.05, 3.63) is 53.8 Å². The van der Waals surface area contributed by atoms with E-state index in [2.05, 4.69) is 24.1 Å². The number of hydrogen-bond acceptors (Lipinski definition) is 5. The lowest BCUT2D eigenvalue weighted by Crippen LogP contribution is -2.44. The van der Waals surface area contributed by atoms with Gasteiger partial charge in [0, 0.05) is 31.4 Å². The predicted octanol–water partition coefficient (Wildman–Crippen LogP) is 3.97. The molecule has 2 aromatic carbocycles. The van der Waals surface area contributed by atoms with E-state index in [1.807, 2.05) is 0 Å². The van der Waals surface area contributed by atoms with E-state index >= 15 is 0 Å². The van der Waals surface area contributed by atoms with Gasteiger partial charge in [0.1, 0.15) is 12.4 Å². The van der Waals surface area contributed by atoms with Crippen molar-refractivity contribution in [1.82, 2.24) is 9.80 Å². The van der Waals surface area contributed by atoms with Crippen molar-refractivity contribution in [3.8, 4) is 11.5 Å². The van der Waals surface area contributed by atoms with Gasteiger partial charge in [0.25, 0.3) is 0 Å². The van der Waals surface area contributed by atoms with E-state index in [9.17, 15) is 14.0 Å². The van der Waals surface area contributed by atoms with E-state index in [0.717, 1.165) is 38.0 Å². The Morgan fingerprint density at radius 1 is 1.11 bits per heavy atom. The number of piperidine rings is 1. The summed E-state index contributed by atoms with van der Waals surface area (Å²) < 4.78 is 24.5. The molecule has 2 amide bonds. The first-order valence-corrected chi connectivity index (χ1v) is 12.3. The van der Waals surface area contributed by atoms with Crippen LogP contribution in [-0.4, -0.2) is 68.1 Å².